The van der Waals surface area contributed by atoms with Gasteiger partial charge in [0.25, 0.3) is 0 Å². The van der Waals surface area contributed by atoms with Gasteiger partial charge in [0.05, 0.1) is 43.1 Å². The molecule has 0 aliphatic carbocycles. The summed E-state index contributed by atoms with van der Waals surface area (Å²) in [5.41, 5.74) is 21.7. The molecular weight excluding hydrogens is 1030 g/mol. The highest BCUT2D eigenvalue weighted by Crippen LogP contribution is 2.39. The third-order valence-electron chi connectivity index (χ3n) is 13.2. The van der Waals surface area contributed by atoms with Crippen LogP contribution in [0.1, 0.15) is 55.5 Å². The maximum absolute atomic E-state index is 14.5. The Labute approximate surface area is 453 Å². The Balaban J connectivity index is 1.24. The number of aliphatic hydroxyl groups excluding tert-OH is 1. The summed E-state index contributed by atoms with van der Waals surface area (Å²) in [7, 11) is 2.39. The standard InChI is InChI=1S/C56H58N6O17/c1-4-38-42(63)44(75-51(65)36-26-16-8-17-27-36)40(59-61-57)55(73-38)78-47-46(71-31-34-22-12-6-13-23-34)49(76-52(66)37-28-18-9-19-29-37)56(79-48(47)53(67)68-2)77-43-39(32-72-50(64)35-24-14-7-15-25-35)74-54(69-3)41(60-62-58)45(43)70-30-33-20-10-5-11-21-33/h5-29,38-49,54-56,63H,4,30-32H2,1-3H3/t38?,39?,40-,41-,42+,43+,44?,45?,46+,47+,48?,49?,54-,55-,56+/m0/s1. The second kappa shape index (κ2) is 28.2. The van der Waals surface area contributed by atoms with Crippen molar-refractivity contribution >= 4 is 23.9 Å². The Bertz CT molecular complexity index is 2870. The van der Waals surface area contributed by atoms with E-state index in [1.807, 2.05) is 6.07 Å². The number of carbonyl (C=O) groups is 4. The van der Waals surface area contributed by atoms with Crippen molar-refractivity contribution in [2.75, 3.05) is 20.8 Å². The molecule has 23 nitrogen and oxygen atoms in total. The quantitative estimate of drug-likeness (QED) is 0.0233. The van der Waals surface area contributed by atoms with Crippen molar-refractivity contribution in [1.29, 1.82) is 0 Å². The predicted molar refractivity (Wildman–Crippen MR) is 275 cm³/mol. The summed E-state index contributed by atoms with van der Waals surface area (Å²) in [6, 6.07) is 38.8. The lowest BCUT2D eigenvalue weighted by molar-refractivity contribution is -0.365. The van der Waals surface area contributed by atoms with Gasteiger partial charge in [0.2, 0.25) is 0 Å². The number of carbonyl (C=O) groups excluding carboxylic acids is 4. The second-order valence-corrected chi connectivity index (χ2v) is 18.2. The zero-order valence-electron chi connectivity index (χ0n) is 43.1. The van der Waals surface area contributed by atoms with Crippen LogP contribution in [0, 0.1) is 0 Å². The number of aliphatic hydroxyl groups is 1. The third kappa shape index (κ3) is 14.3. The molecule has 23 heteroatoms. The van der Waals surface area contributed by atoms with Gasteiger partial charge in [-0.25, -0.2) is 19.2 Å². The SMILES string of the molecule is CCC1O[C@@H](O[C@H]2C(C(=O)OC)O[C@@H](O[C@@H]3C(COC(=O)c4ccccc4)O[C@H](OC)[C@@H](N=[N+]=[N-])C3OCc3ccccc3)C(OC(=O)c3ccccc3)[C@@H]2OCc2ccccc2)[C@@H](N=[N+]=[N-])C(OC(=O)c2ccccc2)[C@@H]1O. The van der Waals surface area contributed by atoms with Crippen LogP contribution in [0.4, 0.5) is 0 Å². The summed E-state index contributed by atoms with van der Waals surface area (Å²) in [6.07, 6.45) is -20.4. The molecule has 3 fully saturated rings. The first-order valence-electron chi connectivity index (χ1n) is 25.2. The van der Waals surface area contributed by atoms with Crippen LogP contribution in [0.25, 0.3) is 20.9 Å². The van der Waals surface area contributed by atoms with Crippen LogP contribution >= 0.6 is 0 Å². The van der Waals surface area contributed by atoms with Gasteiger partial charge in [-0.1, -0.05) is 132 Å². The Morgan fingerprint density at radius 2 is 0.987 bits per heavy atom. The van der Waals surface area contributed by atoms with Crippen molar-refractivity contribution in [2.45, 2.75) is 119 Å². The van der Waals surface area contributed by atoms with E-state index in [4.69, 9.17) is 56.8 Å². The molecule has 8 rings (SSSR count). The van der Waals surface area contributed by atoms with E-state index in [-0.39, 0.29) is 36.3 Å². The zero-order chi connectivity index (χ0) is 55.7. The van der Waals surface area contributed by atoms with E-state index in [1.54, 1.807) is 128 Å². The van der Waals surface area contributed by atoms with E-state index in [0.717, 1.165) is 7.11 Å². The molecule has 3 heterocycles. The summed E-state index contributed by atoms with van der Waals surface area (Å²) >= 11 is 0. The first kappa shape index (κ1) is 57.4. The number of rotatable bonds is 22. The molecule has 0 amide bonds. The van der Waals surface area contributed by atoms with E-state index < -0.39 is 122 Å². The van der Waals surface area contributed by atoms with Crippen LogP contribution < -0.4 is 0 Å². The van der Waals surface area contributed by atoms with Crippen LogP contribution in [0.3, 0.4) is 0 Å². The first-order valence-corrected chi connectivity index (χ1v) is 25.2. The van der Waals surface area contributed by atoms with Gasteiger partial charge in [-0.3, -0.25) is 0 Å². The van der Waals surface area contributed by atoms with Crippen LogP contribution in [-0.2, 0) is 74.9 Å². The fourth-order valence-corrected chi connectivity index (χ4v) is 9.31. The minimum Gasteiger partial charge on any atom is -0.467 e. The zero-order valence-corrected chi connectivity index (χ0v) is 43.1. The number of benzene rings is 5. The molecule has 0 saturated carbocycles. The number of ether oxygens (including phenoxy) is 12. The summed E-state index contributed by atoms with van der Waals surface area (Å²) in [5, 5.41) is 19.6. The molecule has 5 aromatic rings. The molecule has 79 heavy (non-hydrogen) atoms. The fraction of sp³-hybridized carbons (Fsp3) is 0.393. The molecule has 0 radical (unpaired) electrons. The molecule has 1 N–H and O–H groups in total. The lowest BCUT2D eigenvalue weighted by Crippen LogP contribution is -2.68. The molecular formula is C56H58N6O17. The Kier molecular flexibility index (Phi) is 20.5. The highest BCUT2D eigenvalue weighted by atomic mass is 16.8. The van der Waals surface area contributed by atoms with Crippen LogP contribution in [0.2, 0.25) is 0 Å². The number of methoxy groups -OCH3 is 2. The topological polar surface area (TPSA) is 297 Å². The van der Waals surface area contributed by atoms with Gasteiger partial charge in [0, 0.05) is 16.9 Å². The summed E-state index contributed by atoms with van der Waals surface area (Å²) in [5.74, 6) is -3.61. The monoisotopic (exact) mass is 1090 g/mol. The highest BCUT2D eigenvalue weighted by molar-refractivity contribution is 5.90. The molecule has 15 atom stereocenters. The van der Waals surface area contributed by atoms with E-state index in [2.05, 4.69) is 20.1 Å². The molecule has 0 aromatic heterocycles. The maximum atomic E-state index is 14.5. The van der Waals surface area contributed by atoms with Crippen molar-refractivity contribution in [3.05, 3.63) is 200 Å². The summed E-state index contributed by atoms with van der Waals surface area (Å²) in [6.45, 7) is 0.825. The molecule has 414 valence electrons. The van der Waals surface area contributed by atoms with Gasteiger partial charge >= 0.3 is 23.9 Å². The maximum Gasteiger partial charge on any atom is 0.338 e. The molecule has 6 unspecified atom stereocenters. The number of azide groups is 2. The van der Waals surface area contributed by atoms with E-state index in [0.29, 0.717) is 11.1 Å². The van der Waals surface area contributed by atoms with Gasteiger partial charge in [-0.05, 0) is 65.0 Å². The summed E-state index contributed by atoms with van der Waals surface area (Å²) in [4.78, 5) is 62.2. The largest absolute Gasteiger partial charge is 0.467 e. The second-order valence-electron chi connectivity index (χ2n) is 18.2. The van der Waals surface area contributed by atoms with Crippen molar-refractivity contribution in [3.8, 4) is 0 Å². The fourth-order valence-electron chi connectivity index (χ4n) is 9.31. The van der Waals surface area contributed by atoms with Crippen LogP contribution in [0.15, 0.2) is 162 Å². The molecule has 3 aliphatic rings. The predicted octanol–water partition coefficient (Wildman–Crippen LogP) is 7.36. The molecule has 0 bridgehead atoms. The number of hydrogen-bond acceptors (Lipinski definition) is 19. The van der Waals surface area contributed by atoms with E-state index in [9.17, 15) is 35.3 Å². The van der Waals surface area contributed by atoms with Crippen LogP contribution in [-0.4, -0.2) is 142 Å². The lowest BCUT2D eigenvalue weighted by Gasteiger charge is -2.50. The molecule has 0 spiro atoms. The van der Waals surface area contributed by atoms with Gasteiger partial charge in [0.1, 0.15) is 61.4 Å². The molecule has 3 aliphatic heterocycles. The number of esters is 4. The summed E-state index contributed by atoms with van der Waals surface area (Å²) < 4.78 is 75.5. The average Bonchev–Trinajstić information content (AvgIpc) is 3.60. The van der Waals surface area contributed by atoms with Crippen molar-refractivity contribution in [1.82, 2.24) is 0 Å². The van der Waals surface area contributed by atoms with Crippen molar-refractivity contribution < 1.29 is 81.1 Å². The number of hydrogen-bond donors (Lipinski definition) is 1. The first-order chi connectivity index (χ1) is 38.5. The third-order valence-corrected chi connectivity index (χ3v) is 13.2. The smallest absolute Gasteiger partial charge is 0.338 e. The Morgan fingerprint density at radius 1 is 0.532 bits per heavy atom. The normalized spacial score (nSPS) is 28.4. The van der Waals surface area contributed by atoms with Gasteiger partial charge in [0.15, 0.2) is 31.1 Å². The van der Waals surface area contributed by atoms with Gasteiger partial charge in [-0.15, -0.1) is 0 Å². The van der Waals surface area contributed by atoms with E-state index >= 15 is 0 Å². The lowest BCUT2D eigenvalue weighted by atomic mass is 9.93. The molecule has 3 saturated heterocycles. The Morgan fingerprint density at radius 3 is 1.48 bits per heavy atom. The highest BCUT2D eigenvalue weighted by Gasteiger charge is 2.59. The Hall–Kier alpha value is -7.76. The number of nitrogens with zero attached hydrogens (tertiary/aromatic N) is 6. The van der Waals surface area contributed by atoms with Crippen molar-refractivity contribution in [2.24, 2.45) is 10.2 Å². The van der Waals surface area contributed by atoms with Crippen LogP contribution in [0.5, 0.6) is 0 Å². The van der Waals surface area contributed by atoms with Gasteiger partial charge in [-0.2, -0.15) is 0 Å². The van der Waals surface area contributed by atoms with Gasteiger partial charge < -0.3 is 61.9 Å². The van der Waals surface area contributed by atoms with Crippen molar-refractivity contribution in [3.63, 3.8) is 0 Å². The average molecular weight is 1090 g/mol. The van der Waals surface area contributed by atoms with E-state index in [1.165, 1.54) is 31.4 Å². The molecule has 5 aromatic carbocycles. The minimum absolute atomic E-state index is 0.0691. The minimum atomic E-state index is -1.91.